The Kier molecular flexibility index (Phi) is 4.62. The molecule has 0 saturated heterocycles. The Labute approximate surface area is 146 Å². The molecule has 0 aromatic carbocycles. The van der Waals surface area contributed by atoms with Gasteiger partial charge in [-0.25, -0.2) is 0 Å². The van der Waals surface area contributed by atoms with Crippen molar-refractivity contribution in [1.29, 1.82) is 0 Å². The highest BCUT2D eigenvalue weighted by molar-refractivity contribution is 5.87. The summed E-state index contributed by atoms with van der Waals surface area (Å²) < 4.78 is 0. The molecular weight excluding hydrogens is 290 g/mol. The van der Waals surface area contributed by atoms with E-state index in [-0.39, 0.29) is 5.41 Å². The van der Waals surface area contributed by atoms with Crippen LogP contribution in [0.15, 0.2) is 54.8 Å². The van der Waals surface area contributed by atoms with Crippen molar-refractivity contribution in [1.82, 2.24) is 4.98 Å². The normalized spacial score (nSPS) is 23.8. The summed E-state index contributed by atoms with van der Waals surface area (Å²) >= 11 is 0. The van der Waals surface area contributed by atoms with E-state index in [0.717, 1.165) is 18.5 Å². The zero-order chi connectivity index (χ0) is 17.3. The first-order valence-corrected chi connectivity index (χ1v) is 9.19. The number of aromatic nitrogens is 1. The molecule has 3 unspecified atom stereocenters. The summed E-state index contributed by atoms with van der Waals surface area (Å²) in [5.74, 6) is 1.10. The van der Waals surface area contributed by atoms with Crippen molar-refractivity contribution < 1.29 is 0 Å². The molecule has 1 heteroatoms. The van der Waals surface area contributed by atoms with Crippen molar-refractivity contribution in [3.05, 3.63) is 66.0 Å². The molecule has 126 valence electrons. The molecule has 2 aliphatic carbocycles. The summed E-state index contributed by atoms with van der Waals surface area (Å²) in [5, 5.41) is 0. The number of hydrogen-bond donors (Lipinski definition) is 0. The van der Waals surface area contributed by atoms with Gasteiger partial charge < -0.3 is 0 Å². The molecule has 0 radical (unpaired) electrons. The summed E-state index contributed by atoms with van der Waals surface area (Å²) in [6.07, 6.45) is 14.5. The van der Waals surface area contributed by atoms with Gasteiger partial charge in [-0.1, -0.05) is 64.1 Å². The van der Waals surface area contributed by atoms with Gasteiger partial charge in [-0.15, -0.1) is 0 Å². The van der Waals surface area contributed by atoms with Crippen LogP contribution in [0.2, 0.25) is 0 Å². The first-order chi connectivity index (χ1) is 11.5. The zero-order valence-electron chi connectivity index (χ0n) is 15.5. The van der Waals surface area contributed by atoms with Crippen LogP contribution in [-0.2, 0) is 0 Å². The molecule has 0 amide bonds. The fourth-order valence-corrected chi connectivity index (χ4v) is 4.47. The first kappa shape index (κ1) is 17.0. The molecule has 1 aromatic rings. The van der Waals surface area contributed by atoms with Gasteiger partial charge in [0.05, 0.1) is 5.69 Å². The maximum absolute atomic E-state index is 4.79. The summed E-state index contributed by atoms with van der Waals surface area (Å²) in [6.45, 7) is 13.6. The quantitative estimate of drug-likeness (QED) is 0.581. The van der Waals surface area contributed by atoms with E-state index < -0.39 is 0 Å². The van der Waals surface area contributed by atoms with Gasteiger partial charge >= 0.3 is 0 Å². The highest BCUT2D eigenvalue weighted by Gasteiger charge is 2.41. The third-order valence-electron chi connectivity index (χ3n) is 6.18. The van der Waals surface area contributed by atoms with E-state index in [1.807, 2.05) is 12.3 Å². The summed E-state index contributed by atoms with van der Waals surface area (Å²) in [7, 11) is 0. The van der Waals surface area contributed by atoms with E-state index in [1.165, 1.54) is 28.7 Å². The SMILES string of the molecule is C=C1CC2=C(c3ncccc31)C(C(C)(C=CC)C(C)CC)CC=C2. The molecule has 0 aliphatic heterocycles. The lowest BCUT2D eigenvalue weighted by Crippen LogP contribution is -2.35. The maximum Gasteiger partial charge on any atom is 0.0742 e. The van der Waals surface area contributed by atoms with Crippen LogP contribution in [0.4, 0.5) is 0 Å². The smallest absolute Gasteiger partial charge is 0.0742 e. The third kappa shape index (κ3) is 2.60. The van der Waals surface area contributed by atoms with Crippen LogP contribution < -0.4 is 0 Å². The Hall–Kier alpha value is -1.89. The average molecular weight is 319 g/mol. The van der Waals surface area contributed by atoms with Crippen molar-refractivity contribution in [2.45, 2.75) is 47.0 Å². The predicted molar refractivity (Wildman–Crippen MR) is 104 cm³/mol. The number of pyridine rings is 1. The second kappa shape index (κ2) is 6.55. The largest absolute Gasteiger partial charge is 0.256 e. The molecule has 3 atom stereocenters. The zero-order valence-corrected chi connectivity index (χ0v) is 15.5. The van der Waals surface area contributed by atoms with E-state index in [4.69, 9.17) is 4.98 Å². The van der Waals surface area contributed by atoms with Gasteiger partial charge in [-0.05, 0) is 59.8 Å². The van der Waals surface area contributed by atoms with E-state index >= 15 is 0 Å². The highest BCUT2D eigenvalue weighted by atomic mass is 14.7. The van der Waals surface area contributed by atoms with Gasteiger partial charge in [0.15, 0.2) is 0 Å². The fraction of sp³-hybridized carbons (Fsp3) is 0.435. The lowest BCUT2D eigenvalue weighted by atomic mass is 9.60. The minimum absolute atomic E-state index is 0.141. The Morgan fingerprint density at radius 3 is 2.96 bits per heavy atom. The van der Waals surface area contributed by atoms with Crippen LogP contribution >= 0.6 is 0 Å². The summed E-state index contributed by atoms with van der Waals surface area (Å²) in [4.78, 5) is 4.79. The lowest BCUT2D eigenvalue weighted by Gasteiger charge is -2.44. The first-order valence-electron chi connectivity index (χ1n) is 9.19. The van der Waals surface area contributed by atoms with Crippen LogP contribution in [0.3, 0.4) is 0 Å². The molecular formula is C23H29N. The molecule has 24 heavy (non-hydrogen) atoms. The minimum Gasteiger partial charge on any atom is -0.256 e. The molecule has 0 spiro atoms. The molecule has 1 nitrogen and oxygen atoms in total. The van der Waals surface area contributed by atoms with E-state index in [0.29, 0.717) is 11.8 Å². The van der Waals surface area contributed by atoms with Crippen LogP contribution in [0, 0.1) is 17.3 Å². The lowest BCUT2D eigenvalue weighted by molar-refractivity contribution is 0.199. The van der Waals surface area contributed by atoms with Crippen LogP contribution in [0.1, 0.15) is 58.2 Å². The predicted octanol–water partition coefficient (Wildman–Crippen LogP) is 6.46. The van der Waals surface area contributed by atoms with Gasteiger partial charge in [0.25, 0.3) is 0 Å². The van der Waals surface area contributed by atoms with Crippen molar-refractivity contribution in [3.63, 3.8) is 0 Å². The topological polar surface area (TPSA) is 12.9 Å². The fourth-order valence-electron chi connectivity index (χ4n) is 4.47. The molecule has 1 aromatic heterocycles. The highest BCUT2D eigenvalue weighted by Crippen LogP contribution is 2.53. The molecule has 3 rings (SSSR count). The third-order valence-corrected chi connectivity index (χ3v) is 6.18. The summed E-state index contributed by atoms with van der Waals surface area (Å²) in [5.41, 5.74) is 6.62. The van der Waals surface area contributed by atoms with Crippen molar-refractivity contribution in [3.8, 4) is 0 Å². The number of hydrogen-bond acceptors (Lipinski definition) is 1. The Bertz CT molecular complexity index is 734. The standard InChI is InChI=1S/C23H29N/c1-6-13-23(5,17(4)7-2)20-12-8-10-18-15-16(3)19-11-9-14-24-22(19)21(18)20/h6,8-11,13-14,17,20H,3,7,12,15H2,1-2,4-5H3. The monoisotopic (exact) mass is 319 g/mol. The molecule has 1 heterocycles. The van der Waals surface area contributed by atoms with E-state index in [9.17, 15) is 0 Å². The van der Waals surface area contributed by atoms with Crippen molar-refractivity contribution in [2.75, 3.05) is 0 Å². The van der Waals surface area contributed by atoms with E-state index in [2.05, 4.69) is 64.6 Å². The second-order valence-corrected chi connectivity index (χ2v) is 7.48. The van der Waals surface area contributed by atoms with Gasteiger partial charge in [-0.3, -0.25) is 4.98 Å². The molecule has 0 N–H and O–H groups in total. The molecule has 0 fully saturated rings. The van der Waals surface area contributed by atoms with Gasteiger partial charge in [0.1, 0.15) is 0 Å². The maximum atomic E-state index is 4.79. The minimum atomic E-state index is 0.141. The number of nitrogens with zero attached hydrogens (tertiary/aromatic N) is 1. The van der Waals surface area contributed by atoms with Crippen molar-refractivity contribution in [2.24, 2.45) is 17.3 Å². The number of fused-ring (bicyclic) bond motifs is 2. The number of rotatable bonds is 4. The van der Waals surface area contributed by atoms with Gasteiger partial charge in [0.2, 0.25) is 0 Å². The molecule has 2 aliphatic rings. The molecule has 0 bridgehead atoms. The van der Waals surface area contributed by atoms with Crippen LogP contribution in [0.5, 0.6) is 0 Å². The Morgan fingerprint density at radius 1 is 1.46 bits per heavy atom. The Balaban J connectivity index is 2.18. The molecule has 0 saturated carbocycles. The van der Waals surface area contributed by atoms with Crippen LogP contribution in [-0.4, -0.2) is 4.98 Å². The van der Waals surface area contributed by atoms with Gasteiger partial charge in [0, 0.05) is 11.8 Å². The Morgan fingerprint density at radius 2 is 2.25 bits per heavy atom. The average Bonchev–Trinajstić information content (AvgIpc) is 2.60. The van der Waals surface area contributed by atoms with Crippen molar-refractivity contribution >= 4 is 11.1 Å². The number of allylic oxidation sites excluding steroid dienone is 7. The summed E-state index contributed by atoms with van der Waals surface area (Å²) in [6, 6.07) is 4.21. The van der Waals surface area contributed by atoms with Gasteiger partial charge in [-0.2, -0.15) is 0 Å². The van der Waals surface area contributed by atoms with E-state index in [1.54, 1.807) is 0 Å². The second-order valence-electron chi connectivity index (χ2n) is 7.48. The van der Waals surface area contributed by atoms with Crippen LogP contribution in [0.25, 0.3) is 11.1 Å².